The van der Waals surface area contributed by atoms with Gasteiger partial charge in [-0.3, -0.25) is 0 Å². The van der Waals surface area contributed by atoms with E-state index in [9.17, 15) is 0 Å². The molecule has 0 aliphatic heterocycles. The van der Waals surface area contributed by atoms with Crippen LogP contribution < -0.4 is 5.32 Å². The molecule has 1 unspecified atom stereocenters. The number of hydrogen-bond donors (Lipinski definition) is 1. The second kappa shape index (κ2) is 6.34. The quantitative estimate of drug-likeness (QED) is 0.863. The van der Waals surface area contributed by atoms with E-state index in [1.165, 1.54) is 10.4 Å². The first-order valence-electron chi connectivity index (χ1n) is 5.74. The van der Waals surface area contributed by atoms with Crippen LogP contribution >= 0.6 is 27.3 Å². The third-order valence-electron chi connectivity index (χ3n) is 2.88. The van der Waals surface area contributed by atoms with E-state index in [1.54, 1.807) is 0 Å². The zero-order valence-corrected chi connectivity index (χ0v) is 12.2. The van der Waals surface area contributed by atoms with Gasteiger partial charge in [-0.25, -0.2) is 0 Å². The molecule has 0 amide bonds. The van der Waals surface area contributed by atoms with Gasteiger partial charge in [0.15, 0.2) is 0 Å². The molecule has 17 heavy (non-hydrogen) atoms. The molecular formula is C14H16BrNS. The lowest BCUT2D eigenvalue weighted by molar-refractivity contribution is 0.551. The second-order valence-corrected chi connectivity index (χ2v) is 5.96. The average Bonchev–Trinajstić information content (AvgIpc) is 2.85. The first kappa shape index (κ1) is 12.8. The van der Waals surface area contributed by atoms with Gasteiger partial charge in [-0.15, -0.1) is 11.3 Å². The third kappa shape index (κ3) is 3.66. The number of thiophene rings is 1. The van der Waals surface area contributed by atoms with Crippen LogP contribution in [0.2, 0.25) is 0 Å². The van der Waals surface area contributed by atoms with Crippen molar-refractivity contribution >= 4 is 27.3 Å². The molecule has 0 aliphatic rings. The summed E-state index contributed by atoms with van der Waals surface area (Å²) in [5.74, 6) is 0. The molecule has 0 spiro atoms. The van der Waals surface area contributed by atoms with E-state index in [0.29, 0.717) is 6.04 Å². The summed E-state index contributed by atoms with van der Waals surface area (Å²) in [5.41, 5.74) is 1.35. The molecule has 1 N–H and O–H groups in total. The van der Waals surface area contributed by atoms with E-state index in [0.717, 1.165) is 17.3 Å². The zero-order chi connectivity index (χ0) is 12.1. The molecule has 90 valence electrons. The fraction of sp³-hybridized carbons (Fsp3) is 0.286. The van der Waals surface area contributed by atoms with Crippen LogP contribution in [0, 0.1) is 0 Å². The van der Waals surface area contributed by atoms with Gasteiger partial charge in [-0.2, -0.15) is 0 Å². The normalized spacial score (nSPS) is 12.6. The number of hydrogen-bond acceptors (Lipinski definition) is 2. The Morgan fingerprint density at radius 1 is 1.24 bits per heavy atom. The maximum absolute atomic E-state index is 3.47. The van der Waals surface area contributed by atoms with Crippen molar-refractivity contribution in [3.8, 4) is 0 Å². The Balaban J connectivity index is 1.99. The van der Waals surface area contributed by atoms with Gasteiger partial charge in [0.25, 0.3) is 0 Å². The lowest BCUT2D eigenvalue weighted by Gasteiger charge is -2.16. The topological polar surface area (TPSA) is 12.0 Å². The molecule has 1 nitrogen and oxygen atoms in total. The standard InChI is InChI=1S/C14H16BrNS/c1-16-14(9-8-13-3-2-10-17-13)11-4-6-12(15)7-5-11/h2-7,10,14,16H,8-9H2,1H3. The highest BCUT2D eigenvalue weighted by molar-refractivity contribution is 9.10. The maximum Gasteiger partial charge on any atom is 0.0320 e. The van der Waals surface area contributed by atoms with Gasteiger partial charge in [-0.1, -0.05) is 34.1 Å². The fourth-order valence-corrected chi connectivity index (χ4v) is 2.90. The first-order chi connectivity index (χ1) is 8.29. The Labute approximate surface area is 115 Å². The maximum atomic E-state index is 3.47. The summed E-state index contributed by atoms with van der Waals surface area (Å²) in [4.78, 5) is 1.46. The van der Waals surface area contributed by atoms with Crippen molar-refractivity contribution in [2.45, 2.75) is 18.9 Å². The Morgan fingerprint density at radius 3 is 2.59 bits per heavy atom. The van der Waals surface area contributed by atoms with Crippen molar-refractivity contribution in [1.82, 2.24) is 5.32 Å². The Hall–Kier alpha value is -0.640. The van der Waals surface area contributed by atoms with Crippen molar-refractivity contribution in [2.24, 2.45) is 0 Å². The van der Waals surface area contributed by atoms with Crippen molar-refractivity contribution in [3.05, 3.63) is 56.7 Å². The van der Waals surface area contributed by atoms with Crippen LogP contribution in [0.5, 0.6) is 0 Å². The minimum absolute atomic E-state index is 0.435. The molecule has 1 aromatic heterocycles. The van der Waals surface area contributed by atoms with Gasteiger partial charge in [-0.05, 0) is 49.0 Å². The highest BCUT2D eigenvalue weighted by Crippen LogP contribution is 2.22. The molecule has 1 heterocycles. The molecule has 1 atom stereocenters. The zero-order valence-electron chi connectivity index (χ0n) is 9.82. The minimum Gasteiger partial charge on any atom is -0.313 e. The number of halogens is 1. The van der Waals surface area contributed by atoms with Gasteiger partial charge < -0.3 is 5.32 Å². The third-order valence-corrected chi connectivity index (χ3v) is 4.35. The summed E-state index contributed by atoms with van der Waals surface area (Å²) >= 11 is 5.31. The molecule has 0 bridgehead atoms. The highest BCUT2D eigenvalue weighted by Gasteiger charge is 2.09. The van der Waals surface area contributed by atoms with Crippen LogP contribution in [0.3, 0.4) is 0 Å². The van der Waals surface area contributed by atoms with Crippen molar-refractivity contribution in [1.29, 1.82) is 0 Å². The van der Waals surface area contributed by atoms with Crippen molar-refractivity contribution in [3.63, 3.8) is 0 Å². The monoisotopic (exact) mass is 309 g/mol. The van der Waals surface area contributed by atoms with E-state index in [4.69, 9.17) is 0 Å². The van der Waals surface area contributed by atoms with Crippen molar-refractivity contribution < 1.29 is 0 Å². The van der Waals surface area contributed by atoms with E-state index in [1.807, 2.05) is 18.4 Å². The first-order valence-corrected chi connectivity index (χ1v) is 7.42. The van der Waals surface area contributed by atoms with Crippen LogP contribution in [-0.2, 0) is 6.42 Å². The molecule has 0 aliphatic carbocycles. The molecule has 2 rings (SSSR count). The van der Waals surface area contributed by atoms with Gasteiger partial charge in [0.1, 0.15) is 0 Å². The van der Waals surface area contributed by atoms with E-state index in [-0.39, 0.29) is 0 Å². The van der Waals surface area contributed by atoms with Gasteiger partial charge in [0.05, 0.1) is 0 Å². The van der Waals surface area contributed by atoms with Gasteiger partial charge in [0.2, 0.25) is 0 Å². The number of aryl methyl sites for hydroxylation is 1. The van der Waals surface area contributed by atoms with Crippen LogP contribution in [-0.4, -0.2) is 7.05 Å². The van der Waals surface area contributed by atoms with E-state index >= 15 is 0 Å². The molecule has 0 saturated heterocycles. The predicted octanol–water partition coefficient (Wildman–Crippen LogP) is 4.40. The molecule has 2 aromatic rings. The van der Waals surface area contributed by atoms with E-state index < -0.39 is 0 Å². The summed E-state index contributed by atoms with van der Waals surface area (Å²) in [6.45, 7) is 0. The number of nitrogens with one attached hydrogen (secondary N) is 1. The Morgan fingerprint density at radius 2 is 2.00 bits per heavy atom. The summed E-state index contributed by atoms with van der Waals surface area (Å²) in [7, 11) is 2.03. The largest absolute Gasteiger partial charge is 0.313 e. The smallest absolute Gasteiger partial charge is 0.0320 e. The highest BCUT2D eigenvalue weighted by atomic mass is 79.9. The van der Waals surface area contributed by atoms with Crippen LogP contribution in [0.25, 0.3) is 0 Å². The molecule has 0 fully saturated rings. The predicted molar refractivity (Wildman–Crippen MR) is 78.6 cm³/mol. The van der Waals surface area contributed by atoms with Crippen LogP contribution in [0.15, 0.2) is 46.3 Å². The Kier molecular flexibility index (Phi) is 4.77. The molecule has 0 saturated carbocycles. The summed E-state index contributed by atoms with van der Waals surface area (Å²) in [5, 5.41) is 5.53. The molecule has 0 radical (unpaired) electrons. The molecule has 1 aromatic carbocycles. The average molecular weight is 310 g/mol. The fourth-order valence-electron chi connectivity index (χ4n) is 1.91. The molecule has 3 heteroatoms. The SMILES string of the molecule is CNC(CCc1cccs1)c1ccc(Br)cc1. The molecular weight excluding hydrogens is 294 g/mol. The number of benzene rings is 1. The number of rotatable bonds is 5. The minimum atomic E-state index is 0.435. The summed E-state index contributed by atoms with van der Waals surface area (Å²) < 4.78 is 1.13. The second-order valence-electron chi connectivity index (χ2n) is 4.01. The van der Waals surface area contributed by atoms with E-state index in [2.05, 4.69) is 63.0 Å². The summed E-state index contributed by atoms with van der Waals surface area (Å²) in [6.07, 6.45) is 2.28. The van der Waals surface area contributed by atoms with Crippen LogP contribution in [0.1, 0.15) is 22.9 Å². The van der Waals surface area contributed by atoms with Gasteiger partial charge in [0, 0.05) is 15.4 Å². The lowest BCUT2D eigenvalue weighted by Crippen LogP contribution is -2.16. The Bertz CT molecular complexity index is 436. The van der Waals surface area contributed by atoms with Crippen LogP contribution in [0.4, 0.5) is 0 Å². The summed E-state index contributed by atoms with van der Waals surface area (Å²) in [6, 6.07) is 13.3. The lowest BCUT2D eigenvalue weighted by atomic mass is 10.0. The van der Waals surface area contributed by atoms with Crippen molar-refractivity contribution in [2.75, 3.05) is 7.05 Å². The van der Waals surface area contributed by atoms with Gasteiger partial charge >= 0.3 is 0 Å².